The molecule has 1 saturated carbocycles. The Kier molecular flexibility index (Phi) is 3.15. The van der Waals surface area contributed by atoms with Crippen LogP contribution in [0.5, 0.6) is 0 Å². The summed E-state index contributed by atoms with van der Waals surface area (Å²) in [6.07, 6.45) is 2.39. The monoisotopic (exact) mass is 235 g/mol. The number of nitrogens with one attached hydrogen (secondary N) is 1. The lowest BCUT2D eigenvalue weighted by atomic mass is 9.91. The van der Waals surface area contributed by atoms with Gasteiger partial charge in [0, 0.05) is 17.3 Å². The van der Waals surface area contributed by atoms with Crippen LogP contribution in [0.25, 0.3) is 0 Å². The van der Waals surface area contributed by atoms with E-state index < -0.39 is 0 Å². The predicted molar refractivity (Wildman–Crippen MR) is 70.7 cm³/mol. The average molecular weight is 235 g/mol. The molecule has 2 atom stereocenters. The van der Waals surface area contributed by atoms with Crippen LogP contribution < -0.4 is 5.32 Å². The summed E-state index contributed by atoms with van der Waals surface area (Å²) in [6, 6.07) is 5.72. The van der Waals surface area contributed by atoms with Gasteiger partial charge in [-0.05, 0) is 43.2 Å². The highest BCUT2D eigenvalue weighted by atomic mass is 19.1. The first-order chi connectivity index (χ1) is 7.89. The number of rotatable bonds is 2. The Morgan fingerprint density at radius 3 is 2.59 bits per heavy atom. The van der Waals surface area contributed by atoms with E-state index in [2.05, 4.69) is 26.1 Å². The predicted octanol–water partition coefficient (Wildman–Crippen LogP) is 4.37. The molecule has 1 nitrogen and oxygen atoms in total. The molecule has 0 radical (unpaired) electrons. The van der Waals surface area contributed by atoms with Gasteiger partial charge >= 0.3 is 0 Å². The smallest absolute Gasteiger partial charge is 0.128 e. The number of hydrogen-bond donors (Lipinski definition) is 1. The number of hydrogen-bond acceptors (Lipinski definition) is 1. The molecule has 1 fully saturated rings. The minimum absolute atomic E-state index is 0.125. The van der Waals surface area contributed by atoms with Crippen LogP contribution in [-0.2, 0) is 0 Å². The van der Waals surface area contributed by atoms with Gasteiger partial charge in [0.1, 0.15) is 5.82 Å². The van der Waals surface area contributed by atoms with Gasteiger partial charge in [0.2, 0.25) is 0 Å². The molecule has 1 aliphatic carbocycles. The molecule has 0 heterocycles. The molecular formula is C15H22FN. The third-order valence-electron chi connectivity index (χ3n) is 3.94. The second-order valence-electron chi connectivity index (χ2n) is 6.21. The zero-order valence-corrected chi connectivity index (χ0v) is 11.2. The lowest BCUT2D eigenvalue weighted by Crippen LogP contribution is -2.23. The molecule has 2 heteroatoms. The Labute approximate surface area is 103 Å². The summed E-state index contributed by atoms with van der Waals surface area (Å²) in [5.41, 5.74) is 2.07. The van der Waals surface area contributed by atoms with Crippen molar-refractivity contribution < 1.29 is 4.39 Å². The normalized spacial score (nSPS) is 27.1. The van der Waals surface area contributed by atoms with Crippen molar-refractivity contribution in [3.63, 3.8) is 0 Å². The molecule has 1 aromatic rings. The molecule has 2 rings (SSSR count). The van der Waals surface area contributed by atoms with Crippen molar-refractivity contribution in [2.24, 2.45) is 11.3 Å². The van der Waals surface area contributed by atoms with Crippen molar-refractivity contribution in [2.75, 3.05) is 5.32 Å². The second-order valence-corrected chi connectivity index (χ2v) is 6.21. The van der Waals surface area contributed by atoms with Crippen LogP contribution in [0.15, 0.2) is 18.2 Å². The summed E-state index contributed by atoms with van der Waals surface area (Å²) in [4.78, 5) is 0. The van der Waals surface area contributed by atoms with Crippen molar-refractivity contribution >= 4 is 5.69 Å². The van der Waals surface area contributed by atoms with Gasteiger partial charge < -0.3 is 5.32 Å². The first-order valence-electron chi connectivity index (χ1n) is 6.41. The summed E-state index contributed by atoms with van der Waals surface area (Å²) in [6.45, 7) is 8.73. The average Bonchev–Trinajstić information content (AvgIpc) is 2.47. The second kappa shape index (κ2) is 4.32. The molecule has 0 saturated heterocycles. The maximum absolute atomic E-state index is 13.5. The van der Waals surface area contributed by atoms with Crippen LogP contribution in [0.1, 0.15) is 39.2 Å². The van der Waals surface area contributed by atoms with E-state index in [1.54, 1.807) is 6.07 Å². The highest BCUT2D eigenvalue weighted by molar-refractivity contribution is 5.52. The van der Waals surface area contributed by atoms with Gasteiger partial charge in [-0.3, -0.25) is 0 Å². The van der Waals surface area contributed by atoms with Crippen molar-refractivity contribution in [1.29, 1.82) is 0 Å². The van der Waals surface area contributed by atoms with E-state index in [0.29, 0.717) is 17.4 Å². The van der Waals surface area contributed by atoms with E-state index in [1.165, 1.54) is 12.5 Å². The van der Waals surface area contributed by atoms with Crippen molar-refractivity contribution in [1.82, 2.24) is 0 Å². The molecule has 0 bridgehead atoms. The molecule has 0 amide bonds. The van der Waals surface area contributed by atoms with Gasteiger partial charge in [-0.25, -0.2) is 4.39 Å². The van der Waals surface area contributed by atoms with Gasteiger partial charge in [-0.15, -0.1) is 0 Å². The molecule has 1 aromatic carbocycles. The van der Waals surface area contributed by atoms with Crippen LogP contribution in [-0.4, -0.2) is 6.04 Å². The molecule has 1 aliphatic rings. The third-order valence-corrected chi connectivity index (χ3v) is 3.94. The maximum atomic E-state index is 13.5. The summed E-state index contributed by atoms with van der Waals surface area (Å²) in [5, 5.41) is 3.52. The summed E-state index contributed by atoms with van der Waals surface area (Å²) in [7, 11) is 0. The minimum Gasteiger partial charge on any atom is -0.382 e. The Hall–Kier alpha value is -1.05. The van der Waals surface area contributed by atoms with Crippen LogP contribution in [0, 0.1) is 24.1 Å². The number of benzene rings is 1. The Morgan fingerprint density at radius 2 is 2.00 bits per heavy atom. The van der Waals surface area contributed by atoms with Gasteiger partial charge in [0.25, 0.3) is 0 Å². The van der Waals surface area contributed by atoms with E-state index in [9.17, 15) is 4.39 Å². The Bertz CT molecular complexity index is 411. The molecule has 0 spiro atoms. The fraction of sp³-hybridized carbons (Fsp3) is 0.600. The topological polar surface area (TPSA) is 12.0 Å². The third kappa shape index (κ3) is 2.62. The summed E-state index contributed by atoms with van der Waals surface area (Å²) < 4.78 is 13.5. The molecule has 0 aromatic heterocycles. The van der Waals surface area contributed by atoms with E-state index in [1.807, 2.05) is 13.0 Å². The number of anilines is 1. The summed E-state index contributed by atoms with van der Waals surface area (Å²) in [5.74, 6) is 0.521. The van der Waals surface area contributed by atoms with E-state index in [4.69, 9.17) is 0 Å². The van der Waals surface area contributed by atoms with Crippen molar-refractivity contribution in [2.45, 2.75) is 46.6 Å². The largest absolute Gasteiger partial charge is 0.382 e. The quantitative estimate of drug-likeness (QED) is 0.802. The fourth-order valence-electron chi connectivity index (χ4n) is 3.05. The molecule has 0 aliphatic heterocycles. The minimum atomic E-state index is -0.125. The van der Waals surface area contributed by atoms with Gasteiger partial charge in [0.05, 0.1) is 0 Å². The Morgan fingerprint density at radius 1 is 1.29 bits per heavy atom. The molecule has 1 N–H and O–H groups in total. The van der Waals surface area contributed by atoms with Crippen molar-refractivity contribution in [3.8, 4) is 0 Å². The molecule has 2 unspecified atom stereocenters. The van der Waals surface area contributed by atoms with Gasteiger partial charge in [-0.1, -0.05) is 26.8 Å². The highest BCUT2D eigenvalue weighted by Crippen LogP contribution is 2.42. The lowest BCUT2D eigenvalue weighted by Gasteiger charge is -2.21. The van der Waals surface area contributed by atoms with Crippen molar-refractivity contribution in [3.05, 3.63) is 29.6 Å². The highest BCUT2D eigenvalue weighted by Gasteiger charge is 2.36. The number of halogens is 1. The zero-order valence-electron chi connectivity index (χ0n) is 11.2. The van der Waals surface area contributed by atoms with Gasteiger partial charge in [-0.2, -0.15) is 0 Å². The van der Waals surface area contributed by atoms with E-state index >= 15 is 0 Å². The zero-order chi connectivity index (χ0) is 12.6. The SMILES string of the molecule is Cc1c(F)cccc1NC1CC(C)(C)CC1C. The summed E-state index contributed by atoms with van der Waals surface area (Å²) >= 11 is 0. The fourth-order valence-corrected chi connectivity index (χ4v) is 3.05. The molecule has 94 valence electrons. The van der Waals surface area contributed by atoms with Crippen LogP contribution in [0.3, 0.4) is 0 Å². The van der Waals surface area contributed by atoms with E-state index in [0.717, 1.165) is 17.7 Å². The first kappa shape index (κ1) is 12.4. The molecule has 17 heavy (non-hydrogen) atoms. The van der Waals surface area contributed by atoms with Crippen LogP contribution in [0.2, 0.25) is 0 Å². The first-order valence-corrected chi connectivity index (χ1v) is 6.41. The Balaban J connectivity index is 2.14. The standard InChI is InChI=1S/C15H22FN/c1-10-8-15(3,4)9-14(10)17-13-7-5-6-12(16)11(13)2/h5-7,10,14,17H,8-9H2,1-4H3. The maximum Gasteiger partial charge on any atom is 0.128 e. The van der Waals surface area contributed by atoms with Crippen LogP contribution in [0.4, 0.5) is 10.1 Å². The molecular weight excluding hydrogens is 213 g/mol. The lowest BCUT2D eigenvalue weighted by molar-refractivity contribution is 0.366. The van der Waals surface area contributed by atoms with Crippen LogP contribution >= 0.6 is 0 Å². The van der Waals surface area contributed by atoms with E-state index in [-0.39, 0.29) is 5.82 Å². The van der Waals surface area contributed by atoms with Gasteiger partial charge in [0.15, 0.2) is 0 Å².